The minimum atomic E-state index is 0.316. The topological polar surface area (TPSA) is 12.5 Å². The second-order valence-corrected chi connectivity index (χ2v) is 5.03. The largest absolute Gasteiger partial charge is 0.377 e. The van der Waals surface area contributed by atoms with Gasteiger partial charge in [0.05, 0.1) is 19.3 Å². The van der Waals surface area contributed by atoms with Crippen molar-refractivity contribution in [3.05, 3.63) is 65.7 Å². The van der Waals surface area contributed by atoms with Gasteiger partial charge in [0, 0.05) is 12.2 Å². The molecule has 19 heavy (non-hydrogen) atoms. The van der Waals surface area contributed by atoms with Gasteiger partial charge in [0.2, 0.25) is 0 Å². The Hall–Kier alpha value is -1.80. The highest BCUT2D eigenvalue weighted by Gasteiger charge is 2.24. The highest BCUT2D eigenvalue weighted by atomic mass is 16.5. The molecular weight excluding hydrogens is 234 g/mol. The van der Waals surface area contributed by atoms with Crippen LogP contribution in [-0.2, 0) is 4.74 Å². The summed E-state index contributed by atoms with van der Waals surface area (Å²) in [7, 11) is 0. The Balaban J connectivity index is 1.91. The van der Waals surface area contributed by atoms with Crippen LogP contribution in [0.1, 0.15) is 17.2 Å². The number of morpholine rings is 1. The van der Waals surface area contributed by atoms with E-state index in [1.54, 1.807) is 0 Å². The number of anilines is 1. The van der Waals surface area contributed by atoms with Gasteiger partial charge in [-0.1, -0.05) is 48.0 Å². The molecule has 0 amide bonds. The number of hydrogen-bond acceptors (Lipinski definition) is 2. The van der Waals surface area contributed by atoms with Crippen molar-refractivity contribution in [2.24, 2.45) is 0 Å². The lowest BCUT2D eigenvalue weighted by molar-refractivity contribution is 0.0941. The number of nitrogens with zero attached hydrogens (tertiary/aromatic N) is 1. The quantitative estimate of drug-likeness (QED) is 0.811. The lowest BCUT2D eigenvalue weighted by Crippen LogP contribution is -2.39. The first-order valence-corrected chi connectivity index (χ1v) is 6.80. The Morgan fingerprint density at radius 3 is 2.47 bits per heavy atom. The molecule has 3 rings (SSSR count). The maximum Gasteiger partial charge on any atom is 0.0777 e. The highest BCUT2D eigenvalue weighted by molar-refractivity contribution is 5.49. The third-order valence-corrected chi connectivity index (χ3v) is 3.68. The van der Waals surface area contributed by atoms with Gasteiger partial charge in [0.1, 0.15) is 0 Å². The first-order valence-electron chi connectivity index (χ1n) is 6.80. The number of para-hydroxylation sites is 1. The predicted molar refractivity (Wildman–Crippen MR) is 78.5 cm³/mol. The second-order valence-electron chi connectivity index (χ2n) is 5.03. The normalized spacial score (nSPS) is 19.4. The molecule has 1 atom stereocenters. The number of ether oxygens (including phenoxy) is 1. The number of rotatable bonds is 2. The molecule has 2 aromatic rings. The minimum absolute atomic E-state index is 0.316. The van der Waals surface area contributed by atoms with Crippen molar-refractivity contribution in [1.82, 2.24) is 0 Å². The van der Waals surface area contributed by atoms with Crippen molar-refractivity contribution in [2.75, 3.05) is 24.7 Å². The molecule has 2 heteroatoms. The summed E-state index contributed by atoms with van der Waals surface area (Å²) in [4.78, 5) is 2.44. The van der Waals surface area contributed by atoms with E-state index in [0.717, 1.165) is 19.8 Å². The first kappa shape index (κ1) is 12.2. The Bertz CT molecular complexity index is 521. The van der Waals surface area contributed by atoms with E-state index in [9.17, 15) is 0 Å². The minimum Gasteiger partial charge on any atom is -0.377 e. The van der Waals surface area contributed by atoms with E-state index in [1.807, 2.05) is 0 Å². The maximum atomic E-state index is 5.68. The Labute approximate surface area is 114 Å². The first-order chi connectivity index (χ1) is 9.34. The summed E-state index contributed by atoms with van der Waals surface area (Å²) in [6.45, 7) is 4.63. The van der Waals surface area contributed by atoms with E-state index in [0.29, 0.717) is 6.04 Å². The van der Waals surface area contributed by atoms with E-state index in [1.165, 1.54) is 16.8 Å². The molecule has 0 saturated carbocycles. The van der Waals surface area contributed by atoms with Crippen LogP contribution in [0.4, 0.5) is 5.69 Å². The number of aryl methyl sites for hydroxylation is 1. The molecule has 1 aliphatic rings. The molecule has 2 aromatic carbocycles. The molecule has 0 aliphatic carbocycles. The molecule has 1 heterocycles. The Kier molecular flexibility index (Phi) is 3.51. The molecule has 0 aromatic heterocycles. The third-order valence-electron chi connectivity index (χ3n) is 3.68. The van der Waals surface area contributed by atoms with Crippen LogP contribution in [0.2, 0.25) is 0 Å². The third kappa shape index (κ3) is 2.64. The summed E-state index contributed by atoms with van der Waals surface area (Å²) in [5.41, 5.74) is 3.90. The molecule has 0 bridgehead atoms. The molecule has 0 N–H and O–H groups in total. The van der Waals surface area contributed by atoms with Crippen molar-refractivity contribution in [1.29, 1.82) is 0 Å². The van der Waals surface area contributed by atoms with Crippen LogP contribution in [0.15, 0.2) is 54.6 Å². The summed E-state index contributed by atoms with van der Waals surface area (Å²) in [5, 5.41) is 0. The zero-order chi connectivity index (χ0) is 13.1. The van der Waals surface area contributed by atoms with Gasteiger partial charge in [0.15, 0.2) is 0 Å². The molecule has 0 spiro atoms. The SMILES string of the molecule is Cc1ccc([C@@H]2COCCN2c2ccccc2)cc1. The summed E-state index contributed by atoms with van der Waals surface area (Å²) in [6, 6.07) is 19.7. The summed E-state index contributed by atoms with van der Waals surface area (Å²) < 4.78 is 5.68. The molecular formula is C17H19NO. The molecule has 0 unspecified atom stereocenters. The average molecular weight is 253 g/mol. The van der Waals surface area contributed by atoms with Gasteiger partial charge in [0.25, 0.3) is 0 Å². The Morgan fingerprint density at radius 2 is 1.74 bits per heavy atom. The number of hydrogen-bond donors (Lipinski definition) is 0. The van der Waals surface area contributed by atoms with Crippen LogP contribution >= 0.6 is 0 Å². The van der Waals surface area contributed by atoms with Gasteiger partial charge in [-0.2, -0.15) is 0 Å². The van der Waals surface area contributed by atoms with Gasteiger partial charge in [-0.3, -0.25) is 0 Å². The van der Waals surface area contributed by atoms with Crippen LogP contribution < -0.4 is 4.90 Å². The monoisotopic (exact) mass is 253 g/mol. The fourth-order valence-electron chi connectivity index (χ4n) is 2.60. The van der Waals surface area contributed by atoms with Gasteiger partial charge in [-0.15, -0.1) is 0 Å². The predicted octanol–water partition coefficient (Wildman–Crippen LogP) is 3.57. The summed E-state index contributed by atoms with van der Waals surface area (Å²) >= 11 is 0. The molecule has 0 radical (unpaired) electrons. The molecule has 1 fully saturated rings. The zero-order valence-electron chi connectivity index (χ0n) is 11.3. The zero-order valence-corrected chi connectivity index (χ0v) is 11.3. The fourth-order valence-corrected chi connectivity index (χ4v) is 2.60. The maximum absolute atomic E-state index is 5.68. The van der Waals surface area contributed by atoms with Crippen LogP contribution in [-0.4, -0.2) is 19.8 Å². The molecule has 98 valence electrons. The Morgan fingerprint density at radius 1 is 1.00 bits per heavy atom. The van der Waals surface area contributed by atoms with Crippen molar-refractivity contribution >= 4 is 5.69 Å². The van der Waals surface area contributed by atoms with Gasteiger partial charge in [-0.25, -0.2) is 0 Å². The number of benzene rings is 2. The second kappa shape index (κ2) is 5.45. The van der Waals surface area contributed by atoms with Gasteiger partial charge < -0.3 is 9.64 Å². The van der Waals surface area contributed by atoms with E-state index in [4.69, 9.17) is 4.74 Å². The van der Waals surface area contributed by atoms with Crippen molar-refractivity contribution < 1.29 is 4.74 Å². The van der Waals surface area contributed by atoms with Crippen molar-refractivity contribution in [3.8, 4) is 0 Å². The van der Waals surface area contributed by atoms with Crippen LogP contribution in [0.5, 0.6) is 0 Å². The van der Waals surface area contributed by atoms with Crippen molar-refractivity contribution in [3.63, 3.8) is 0 Å². The molecule has 1 saturated heterocycles. The lowest BCUT2D eigenvalue weighted by atomic mass is 10.0. The van der Waals surface area contributed by atoms with E-state index in [2.05, 4.69) is 66.4 Å². The lowest BCUT2D eigenvalue weighted by Gasteiger charge is -2.37. The van der Waals surface area contributed by atoms with Gasteiger partial charge in [-0.05, 0) is 24.6 Å². The van der Waals surface area contributed by atoms with E-state index >= 15 is 0 Å². The summed E-state index contributed by atoms with van der Waals surface area (Å²) in [6.07, 6.45) is 0. The smallest absolute Gasteiger partial charge is 0.0777 e. The van der Waals surface area contributed by atoms with Crippen LogP contribution in [0.25, 0.3) is 0 Å². The average Bonchev–Trinajstić information content (AvgIpc) is 2.49. The molecule has 1 aliphatic heterocycles. The summed E-state index contributed by atoms with van der Waals surface area (Å²) in [5.74, 6) is 0. The van der Waals surface area contributed by atoms with E-state index in [-0.39, 0.29) is 0 Å². The molecule has 2 nitrogen and oxygen atoms in total. The van der Waals surface area contributed by atoms with Gasteiger partial charge >= 0.3 is 0 Å². The van der Waals surface area contributed by atoms with Crippen molar-refractivity contribution in [2.45, 2.75) is 13.0 Å². The van der Waals surface area contributed by atoms with Crippen LogP contribution in [0, 0.1) is 6.92 Å². The highest BCUT2D eigenvalue weighted by Crippen LogP contribution is 2.29. The van der Waals surface area contributed by atoms with Crippen LogP contribution in [0.3, 0.4) is 0 Å². The standard InChI is InChI=1S/C17H19NO/c1-14-7-9-15(10-8-14)17-13-19-12-11-18(17)16-5-3-2-4-6-16/h2-10,17H,11-13H2,1H3/t17-/m0/s1. The van der Waals surface area contributed by atoms with E-state index < -0.39 is 0 Å². The fraction of sp³-hybridized carbons (Fsp3) is 0.294.